The molecule has 1 aromatic carbocycles. The predicted octanol–water partition coefficient (Wildman–Crippen LogP) is 4.55. The van der Waals surface area contributed by atoms with Crippen LogP contribution >= 0.6 is 0 Å². The predicted molar refractivity (Wildman–Crippen MR) is 112 cm³/mol. The first kappa shape index (κ1) is 21.3. The molecular weight excluding hydrogens is 438 g/mol. The fourth-order valence-electron chi connectivity index (χ4n) is 4.81. The number of aromatic nitrogens is 3. The zero-order valence-electron chi connectivity index (χ0n) is 17.3. The topological polar surface area (TPSA) is 71.0 Å². The van der Waals surface area contributed by atoms with E-state index in [2.05, 4.69) is 20.3 Å². The summed E-state index contributed by atoms with van der Waals surface area (Å²) in [4.78, 5) is 26.8. The minimum absolute atomic E-state index is 0.0535. The third-order valence-corrected chi connectivity index (χ3v) is 6.21. The summed E-state index contributed by atoms with van der Waals surface area (Å²) in [5, 5.41) is 3.12. The highest BCUT2D eigenvalue weighted by Crippen LogP contribution is 2.41. The monoisotopic (exact) mass is 457 g/mol. The van der Waals surface area contributed by atoms with Gasteiger partial charge in [0.05, 0.1) is 35.7 Å². The van der Waals surface area contributed by atoms with E-state index in [1.165, 1.54) is 12.1 Å². The zero-order valence-corrected chi connectivity index (χ0v) is 17.3. The Morgan fingerprint density at radius 1 is 1.03 bits per heavy atom. The summed E-state index contributed by atoms with van der Waals surface area (Å²) in [7, 11) is 0. The number of hydrogen-bond acceptors (Lipinski definition) is 5. The maximum absolute atomic E-state index is 14.8. The molecule has 0 aliphatic carbocycles. The minimum atomic E-state index is -4.56. The second kappa shape index (κ2) is 8.09. The summed E-state index contributed by atoms with van der Waals surface area (Å²) < 4.78 is 53.0. The van der Waals surface area contributed by atoms with Gasteiger partial charge in [-0.3, -0.25) is 9.78 Å². The molecule has 5 rings (SSSR count). The number of anilines is 1. The van der Waals surface area contributed by atoms with Crippen molar-refractivity contribution in [1.82, 2.24) is 19.9 Å². The van der Waals surface area contributed by atoms with Gasteiger partial charge in [-0.25, -0.2) is 14.4 Å². The first-order chi connectivity index (χ1) is 15.8. The first-order valence-electron chi connectivity index (χ1n) is 10.5. The molecular formula is C23H19F4N5O. The van der Waals surface area contributed by atoms with Gasteiger partial charge in [0.1, 0.15) is 11.6 Å². The highest BCUT2D eigenvalue weighted by atomic mass is 19.4. The van der Waals surface area contributed by atoms with Crippen molar-refractivity contribution >= 4 is 11.7 Å². The quantitative estimate of drug-likeness (QED) is 0.582. The standard InChI is InChI=1S/C23H19F4N5O/c24-15-5-3-4-14(21(15)16-6-1-2-9-28-16)22(33)32-13-7-8-18(32)17(10-13)31-20-12-29-19(11-30-20)23(25,26)27/h1-6,9,11-13,17-18H,7-8,10H2,(H,30,31)/t13-,17-,18+/m1/s1. The number of hydrogen-bond donors (Lipinski definition) is 1. The molecule has 0 unspecified atom stereocenters. The summed E-state index contributed by atoms with van der Waals surface area (Å²) in [6.45, 7) is 0. The molecule has 3 aromatic rings. The second-order valence-corrected chi connectivity index (χ2v) is 8.16. The molecule has 170 valence electrons. The Labute approximate surface area is 186 Å². The van der Waals surface area contributed by atoms with Gasteiger partial charge in [-0.2, -0.15) is 13.2 Å². The van der Waals surface area contributed by atoms with E-state index in [-0.39, 0.29) is 41.0 Å². The van der Waals surface area contributed by atoms with Crippen LogP contribution in [-0.2, 0) is 6.18 Å². The molecule has 2 fully saturated rings. The van der Waals surface area contributed by atoms with Crippen LogP contribution in [0, 0.1) is 5.82 Å². The number of fused-ring (bicyclic) bond motifs is 2. The molecule has 1 N–H and O–H groups in total. The third kappa shape index (κ3) is 3.90. The van der Waals surface area contributed by atoms with Crippen molar-refractivity contribution in [3.8, 4) is 11.3 Å². The Morgan fingerprint density at radius 2 is 1.88 bits per heavy atom. The number of carbonyl (C=O) groups excluding carboxylic acids is 1. The average molecular weight is 457 g/mol. The molecule has 2 aromatic heterocycles. The largest absolute Gasteiger partial charge is 0.434 e. The van der Waals surface area contributed by atoms with E-state index in [4.69, 9.17) is 0 Å². The van der Waals surface area contributed by atoms with E-state index < -0.39 is 17.7 Å². The van der Waals surface area contributed by atoms with E-state index >= 15 is 0 Å². The van der Waals surface area contributed by atoms with Crippen LogP contribution in [-0.4, -0.2) is 43.9 Å². The van der Waals surface area contributed by atoms with Crippen molar-refractivity contribution in [2.75, 3.05) is 5.32 Å². The SMILES string of the molecule is O=C(c1cccc(F)c1-c1ccccn1)N1[C@@H]2CC[C@H]1[C@H](Nc1cnc(C(F)(F)F)cn1)C2. The van der Waals surface area contributed by atoms with Crippen LogP contribution in [0.25, 0.3) is 11.3 Å². The number of rotatable bonds is 4. The first-order valence-corrected chi connectivity index (χ1v) is 10.5. The molecule has 2 aliphatic rings. The molecule has 3 atom stereocenters. The van der Waals surface area contributed by atoms with Gasteiger partial charge in [-0.05, 0) is 43.5 Å². The molecule has 2 saturated heterocycles. The minimum Gasteiger partial charge on any atom is -0.364 e. The van der Waals surface area contributed by atoms with E-state index in [9.17, 15) is 22.4 Å². The Balaban J connectivity index is 1.39. The number of pyridine rings is 1. The molecule has 0 spiro atoms. The molecule has 33 heavy (non-hydrogen) atoms. The normalized spacial score (nSPS) is 21.9. The lowest BCUT2D eigenvalue weighted by atomic mass is 9.95. The van der Waals surface area contributed by atoms with Gasteiger partial charge < -0.3 is 10.2 Å². The summed E-state index contributed by atoms with van der Waals surface area (Å²) in [5.74, 6) is -0.598. The number of halogens is 4. The summed E-state index contributed by atoms with van der Waals surface area (Å²) >= 11 is 0. The van der Waals surface area contributed by atoms with Crippen LogP contribution in [0.1, 0.15) is 35.3 Å². The lowest BCUT2D eigenvalue weighted by Gasteiger charge is -2.26. The lowest BCUT2D eigenvalue weighted by Crippen LogP contribution is -2.40. The van der Waals surface area contributed by atoms with Crippen LogP contribution in [0.2, 0.25) is 0 Å². The summed E-state index contributed by atoms with van der Waals surface area (Å²) in [6.07, 6.45) is 0.875. The Morgan fingerprint density at radius 3 is 2.58 bits per heavy atom. The van der Waals surface area contributed by atoms with Crippen molar-refractivity contribution in [2.45, 2.75) is 43.6 Å². The average Bonchev–Trinajstić information content (AvgIpc) is 3.36. The zero-order chi connectivity index (χ0) is 23.2. The van der Waals surface area contributed by atoms with Gasteiger partial charge in [-0.1, -0.05) is 12.1 Å². The van der Waals surface area contributed by atoms with E-state index in [0.29, 0.717) is 18.3 Å². The van der Waals surface area contributed by atoms with E-state index in [1.807, 2.05) is 0 Å². The molecule has 6 nitrogen and oxygen atoms in total. The van der Waals surface area contributed by atoms with Gasteiger partial charge in [-0.15, -0.1) is 0 Å². The molecule has 4 heterocycles. The number of benzene rings is 1. The number of alkyl halides is 3. The molecule has 0 radical (unpaired) electrons. The van der Waals surface area contributed by atoms with E-state index in [1.54, 1.807) is 35.4 Å². The third-order valence-electron chi connectivity index (χ3n) is 6.21. The number of nitrogens with one attached hydrogen (secondary N) is 1. The van der Waals surface area contributed by atoms with Crippen molar-refractivity contribution in [2.24, 2.45) is 0 Å². The fourth-order valence-corrected chi connectivity index (χ4v) is 4.81. The van der Waals surface area contributed by atoms with Gasteiger partial charge in [0.15, 0.2) is 5.69 Å². The Hall–Kier alpha value is -3.56. The summed E-state index contributed by atoms with van der Waals surface area (Å²) in [5.41, 5.74) is -0.292. The highest BCUT2D eigenvalue weighted by molar-refractivity contribution is 6.01. The van der Waals surface area contributed by atoms with Crippen LogP contribution in [0.5, 0.6) is 0 Å². The van der Waals surface area contributed by atoms with Crippen molar-refractivity contribution in [3.05, 3.63) is 72.1 Å². The lowest BCUT2D eigenvalue weighted by molar-refractivity contribution is -0.141. The number of nitrogens with zero attached hydrogens (tertiary/aromatic N) is 4. The molecule has 2 aliphatic heterocycles. The van der Waals surface area contributed by atoms with Crippen LogP contribution < -0.4 is 5.32 Å². The van der Waals surface area contributed by atoms with Crippen LogP contribution in [0.4, 0.5) is 23.4 Å². The Kier molecular flexibility index (Phi) is 5.22. The van der Waals surface area contributed by atoms with Crippen molar-refractivity contribution in [1.29, 1.82) is 0 Å². The van der Waals surface area contributed by atoms with Gasteiger partial charge in [0, 0.05) is 17.8 Å². The van der Waals surface area contributed by atoms with Crippen LogP contribution in [0.3, 0.4) is 0 Å². The summed E-state index contributed by atoms with van der Waals surface area (Å²) in [6, 6.07) is 9.06. The van der Waals surface area contributed by atoms with Gasteiger partial charge in [0.25, 0.3) is 5.91 Å². The Bertz CT molecular complexity index is 1170. The maximum atomic E-state index is 14.8. The van der Waals surface area contributed by atoms with Crippen molar-refractivity contribution in [3.63, 3.8) is 0 Å². The van der Waals surface area contributed by atoms with Gasteiger partial charge >= 0.3 is 6.18 Å². The number of carbonyl (C=O) groups is 1. The maximum Gasteiger partial charge on any atom is 0.434 e. The number of amides is 1. The molecule has 10 heteroatoms. The van der Waals surface area contributed by atoms with Crippen molar-refractivity contribution < 1.29 is 22.4 Å². The van der Waals surface area contributed by atoms with E-state index in [0.717, 1.165) is 19.0 Å². The second-order valence-electron chi connectivity index (χ2n) is 8.16. The fraction of sp³-hybridized carbons (Fsp3) is 0.304. The van der Waals surface area contributed by atoms with Gasteiger partial charge in [0.2, 0.25) is 0 Å². The molecule has 2 bridgehead atoms. The highest BCUT2D eigenvalue weighted by Gasteiger charge is 2.49. The van der Waals surface area contributed by atoms with Crippen LogP contribution in [0.15, 0.2) is 55.0 Å². The molecule has 0 saturated carbocycles. The molecule has 1 amide bonds. The smallest absolute Gasteiger partial charge is 0.364 e.